The molecule has 2 aromatic carbocycles. The van der Waals surface area contributed by atoms with Crippen molar-refractivity contribution in [3.63, 3.8) is 0 Å². The summed E-state index contributed by atoms with van der Waals surface area (Å²) in [6.07, 6.45) is 6.40. The summed E-state index contributed by atoms with van der Waals surface area (Å²) in [5.41, 5.74) is 3.62. The summed E-state index contributed by atoms with van der Waals surface area (Å²) in [6.45, 7) is 2.41. The number of carbonyl (C=O) groups is 2. The lowest BCUT2D eigenvalue weighted by Gasteiger charge is -2.36. The molecule has 0 amide bonds. The first-order valence-electron chi connectivity index (χ1n) is 14.2. The molecular formula is C34H28Cl2N4O5. The first kappa shape index (κ1) is 30.3. The maximum Gasteiger partial charge on any atom is 0.336 e. The van der Waals surface area contributed by atoms with Gasteiger partial charge in [-0.15, -0.1) is 0 Å². The molecular weight excluding hydrogens is 615 g/mol. The van der Waals surface area contributed by atoms with Crippen LogP contribution in [0, 0.1) is 5.92 Å². The Hall–Kier alpha value is -4.70. The topological polar surface area (TPSA) is 125 Å². The van der Waals surface area contributed by atoms with E-state index in [1.54, 1.807) is 36.7 Å². The number of phenolic OH excluding ortho intramolecular Hbond substituents is 1. The summed E-state index contributed by atoms with van der Waals surface area (Å²) >= 11 is 12.5. The summed E-state index contributed by atoms with van der Waals surface area (Å²) in [6, 6.07) is 19.7. The predicted octanol–water partition coefficient (Wildman–Crippen LogP) is 6.38. The molecule has 0 saturated carbocycles. The van der Waals surface area contributed by atoms with Crippen LogP contribution in [0.2, 0.25) is 5.02 Å². The Kier molecular flexibility index (Phi) is 8.84. The number of fused-ring (bicyclic) bond motifs is 2. The van der Waals surface area contributed by atoms with Crippen LogP contribution >= 0.6 is 23.2 Å². The number of aromatic hydroxyl groups is 1. The number of anilines is 1. The highest BCUT2D eigenvalue weighted by molar-refractivity contribution is 6.44. The second-order valence-electron chi connectivity index (χ2n) is 10.8. The normalized spacial score (nSPS) is 17.1. The molecule has 1 aliphatic carbocycles. The van der Waals surface area contributed by atoms with Crippen LogP contribution in [-0.4, -0.2) is 49.9 Å². The SMILES string of the molecule is O=C1C=C2Oc3cc(O)c(Cl)cc3C(c3ccc(NCCN(Cc4ccccn4)Cc4ccccn4)cc3C(=O)O)C2C=C1Cl. The monoisotopic (exact) mass is 642 g/mol. The lowest BCUT2D eigenvalue weighted by molar-refractivity contribution is -0.111. The quantitative estimate of drug-likeness (QED) is 0.181. The minimum Gasteiger partial charge on any atom is -0.506 e. The number of carbonyl (C=O) groups excluding carboxylic acids is 1. The van der Waals surface area contributed by atoms with Gasteiger partial charge in [0.05, 0.1) is 27.0 Å². The zero-order valence-corrected chi connectivity index (χ0v) is 25.4. The average molecular weight is 644 g/mol. The maximum atomic E-state index is 12.7. The lowest BCUT2D eigenvalue weighted by Crippen LogP contribution is -2.29. The van der Waals surface area contributed by atoms with Crippen molar-refractivity contribution in [2.45, 2.75) is 19.0 Å². The van der Waals surface area contributed by atoms with E-state index in [1.165, 1.54) is 12.1 Å². The van der Waals surface area contributed by atoms with Crippen LogP contribution in [0.3, 0.4) is 0 Å². The fourth-order valence-corrected chi connectivity index (χ4v) is 6.04. The van der Waals surface area contributed by atoms with Crippen LogP contribution in [0.1, 0.15) is 38.8 Å². The van der Waals surface area contributed by atoms with Gasteiger partial charge in [0.15, 0.2) is 5.78 Å². The van der Waals surface area contributed by atoms with Gasteiger partial charge < -0.3 is 20.3 Å². The zero-order valence-electron chi connectivity index (χ0n) is 23.9. The number of aromatic carboxylic acids is 1. The van der Waals surface area contributed by atoms with E-state index in [1.807, 2.05) is 42.5 Å². The van der Waals surface area contributed by atoms with E-state index in [0.717, 1.165) is 11.4 Å². The van der Waals surface area contributed by atoms with Crippen LogP contribution in [0.25, 0.3) is 0 Å². The van der Waals surface area contributed by atoms with Crippen molar-refractivity contribution < 1.29 is 24.5 Å². The fourth-order valence-electron chi connectivity index (χ4n) is 5.68. The number of nitrogens with zero attached hydrogens (tertiary/aromatic N) is 3. The molecule has 2 aromatic heterocycles. The van der Waals surface area contributed by atoms with Gasteiger partial charge in [-0.3, -0.25) is 19.7 Å². The van der Waals surface area contributed by atoms with Gasteiger partial charge in [0.25, 0.3) is 0 Å². The van der Waals surface area contributed by atoms with Crippen molar-refractivity contribution >= 4 is 40.6 Å². The average Bonchev–Trinajstić information content (AvgIpc) is 3.03. The molecule has 9 nitrogen and oxygen atoms in total. The van der Waals surface area contributed by atoms with Crippen molar-refractivity contribution in [3.8, 4) is 11.5 Å². The Morgan fingerprint density at radius 1 is 0.956 bits per heavy atom. The molecule has 0 fully saturated rings. The van der Waals surface area contributed by atoms with Crippen LogP contribution in [0.15, 0.2) is 102 Å². The van der Waals surface area contributed by atoms with Gasteiger partial charge in [-0.05, 0) is 48.0 Å². The molecule has 228 valence electrons. The third-order valence-electron chi connectivity index (χ3n) is 7.76. The molecule has 1 aliphatic heterocycles. The molecule has 3 heterocycles. The van der Waals surface area contributed by atoms with E-state index in [9.17, 15) is 19.8 Å². The molecule has 6 rings (SSSR count). The first-order chi connectivity index (χ1) is 21.8. The Labute approximate surface area is 269 Å². The van der Waals surface area contributed by atoms with E-state index in [4.69, 9.17) is 27.9 Å². The third kappa shape index (κ3) is 6.71. The highest BCUT2D eigenvalue weighted by Crippen LogP contribution is 2.51. The van der Waals surface area contributed by atoms with Crippen LogP contribution < -0.4 is 10.1 Å². The Morgan fingerprint density at radius 2 is 1.67 bits per heavy atom. The molecule has 3 N–H and O–H groups in total. The van der Waals surface area contributed by atoms with Gasteiger partial charge in [-0.2, -0.15) is 0 Å². The second-order valence-corrected chi connectivity index (χ2v) is 11.6. The van der Waals surface area contributed by atoms with E-state index in [2.05, 4.69) is 20.2 Å². The Bertz CT molecular complexity index is 1770. The summed E-state index contributed by atoms with van der Waals surface area (Å²) in [4.78, 5) is 36.2. The number of phenols is 1. The zero-order chi connectivity index (χ0) is 31.5. The number of rotatable bonds is 10. The molecule has 2 aliphatic rings. The number of pyridine rings is 2. The Morgan fingerprint density at radius 3 is 2.31 bits per heavy atom. The lowest BCUT2D eigenvalue weighted by atomic mass is 9.74. The number of halogens is 2. The third-order valence-corrected chi connectivity index (χ3v) is 8.38. The molecule has 0 spiro atoms. The fraction of sp³-hybridized carbons (Fsp3) is 0.176. The number of benzene rings is 2. The molecule has 0 radical (unpaired) electrons. The number of allylic oxidation sites excluding steroid dienone is 3. The van der Waals surface area contributed by atoms with E-state index in [-0.39, 0.29) is 27.1 Å². The van der Waals surface area contributed by atoms with Gasteiger partial charge >= 0.3 is 5.97 Å². The number of hydrogen-bond donors (Lipinski definition) is 3. The van der Waals surface area contributed by atoms with E-state index in [0.29, 0.717) is 48.8 Å². The summed E-state index contributed by atoms with van der Waals surface area (Å²) in [5, 5.41) is 24.1. The molecule has 45 heavy (non-hydrogen) atoms. The second kappa shape index (κ2) is 13.1. The number of carboxylic acid groups (broad SMARTS) is 1. The molecule has 2 unspecified atom stereocenters. The maximum absolute atomic E-state index is 12.7. The predicted molar refractivity (Wildman–Crippen MR) is 171 cm³/mol. The molecule has 4 aromatic rings. The van der Waals surface area contributed by atoms with Gasteiger partial charge in [0.2, 0.25) is 0 Å². The summed E-state index contributed by atoms with van der Waals surface area (Å²) in [7, 11) is 0. The smallest absolute Gasteiger partial charge is 0.336 e. The van der Waals surface area contributed by atoms with Crippen molar-refractivity contribution in [2.75, 3.05) is 18.4 Å². The van der Waals surface area contributed by atoms with Crippen molar-refractivity contribution in [2.24, 2.45) is 5.92 Å². The largest absolute Gasteiger partial charge is 0.506 e. The van der Waals surface area contributed by atoms with Crippen molar-refractivity contribution in [3.05, 3.63) is 135 Å². The molecule has 11 heteroatoms. The van der Waals surface area contributed by atoms with Crippen molar-refractivity contribution in [1.29, 1.82) is 0 Å². The van der Waals surface area contributed by atoms with Crippen LogP contribution in [-0.2, 0) is 17.9 Å². The minimum absolute atomic E-state index is 0.0156. The summed E-state index contributed by atoms with van der Waals surface area (Å²) < 4.78 is 5.97. The minimum atomic E-state index is -1.12. The number of ether oxygens (including phenoxy) is 1. The van der Waals surface area contributed by atoms with Crippen LogP contribution in [0.4, 0.5) is 5.69 Å². The van der Waals surface area contributed by atoms with Crippen LogP contribution in [0.5, 0.6) is 11.5 Å². The number of hydrogen-bond acceptors (Lipinski definition) is 8. The van der Waals surface area contributed by atoms with Gasteiger partial charge in [-0.1, -0.05) is 47.5 Å². The molecule has 2 atom stereocenters. The number of ketones is 1. The standard InChI is InChI=1S/C34H28Cl2N4O5/c35-27-14-25-31(16-29(27)41)45-32-17-30(42)28(36)15-26(32)33(25)23-8-7-20(13-24(23)34(43)44)39-11-12-40(18-21-5-1-3-9-37-21)19-22-6-2-4-10-38-22/h1-10,13-17,25,33,39,42H,11-12,18-19H2,(H,43,44). The number of carboxylic acids is 1. The number of nitrogens with one attached hydrogen (secondary N) is 1. The first-order valence-corrected chi connectivity index (χ1v) is 15.0. The van der Waals surface area contributed by atoms with Gasteiger partial charge in [0.1, 0.15) is 17.3 Å². The van der Waals surface area contributed by atoms with E-state index >= 15 is 0 Å². The Balaban J connectivity index is 1.27. The highest BCUT2D eigenvalue weighted by atomic mass is 35.5. The highest BCUT2D eigenvalue weighted by Gasteiger charge is 2.40. The molecule has 0 saturated heterocycles. The van der Waals surface area contributed by atoms with E-state index < -0.39 is 23.6 Å². The molecule has 0 bridgehead atoms. The van der Waals surface area contributed by atoms with Gasteiger partial charge in [0, 0.05) is 73.8 Å². The van der Waals surface area contributed by atoms with Crippen molar-refractivity contribution in [1.82, 2.24) is 14.9 Å². The van der Waals surface area contributed by atoms with Gasteiger partial charge in [-0.25, -0.2) is 4.79 Å². The number of aromatic nitrogens is 2. The summed E-state index contributed by atoms with van der Waals surface area (Å²) in [5.74, 6) is -2.31.